The Hall–Kier alpha value is -1.04. The van der Waals surface area contributed by atoms with E-state index in [-0.39, 0.29) is 0 Å². The fourth-order valence-corrected chi connectivity index (χ4v) is 5.92. The van der Waals surface area contributed by atoms with Crippen molar-refractivity contribution in [1.29, 1.82) is 0 Å². The van der Waals surface area contributed by atoms with E-state index in [1.807, 2.05) is 4.57 Å². The van der Waals surface area contributed by atoms with E-state index < -0.39 is 0 Å². The maximum Gasteiger partial charge on any atom is 0.233 e. The zero-order valence-corrected chi connectivity index (χ0v) is 14.8. The highest BCUT2D eigenvalue weighted by Gasteiger charge is 2.43. The maximum absolute atomic E-state index is 12.8. The van der Waals surface area contributed by atoms with E-state index in [0.29, 0.717) is 23.7 Å². The molecular weight excluding hydrogens is 308 g/mol. The number of thioether (sulfide) groups is 1. The minimum Gasteiger partial charge on any atom is -0.339 e. The second-order valence-corrected chi connectivity index (χ2v) is 8.82. The van der Waals surface area contributed by atoms with Crippen LogP contribution in [0.4, 0.5) is 0 Å². The molecular formula is C17H26N4OS. The normalized spacial score (nSPS) is 32.6. The van der Waals surface area contributed by atoms with Crippen LogP contribution in [0.15, 0.2) is 11.5 Å². The first-order chi connectivity index (χ1) is 11.1. The Morgan fingerprint density at radius 2 is 1.91 bits per heavy atom. The van der Waals surface area contributed by atoms with Gasteiger partial charge in [-0.15, -0.1) is 10.2 Å². The molecule has 2 aliphatic heterocycles. The van der Waals surface area contributed by atoms with Gasteiger partial charge < -0.3 is 9.47 Å². The Bertz CT molecular complexity index is 573. The van der Waals surface area contributed by atoms with Crippen molar-refractivity contribution in [3.63, 3.8) is 0 Å². The minimum absolute atomic E-state index is 0.298. The lowest BCUT2D eigenvalue weighted by molar-refractivity contribution is -0.131. The van der Waals surface area contributed by atoms with Crippen molar-refractivity contribution in [3.05, 3.63) is 6.33 Å². The van der Waals surface area contributed by atoms with Crippen LogP contribution in [0.3, 0.4) is 0 Å². The van der Waals surface area contributed by atoms with Gasteiger partial charge >= 0.3 is 0 Å². The molecule has 126 valence electrons. The molecule has 0 spiro atoms. The van der Waals surface area contributed by atoms with Gasteiger partial charge in [-0.1, -0.05) is 11.8 Å². The van der Waals surface area contributed by atoms with E-state index in [1.165, 1.54) is 43.9 Å². The van der Waals surface area contributed by atoms with Crippen molar-refractivity contribution < 1.29 is 4.79 Å². The van der Waals surface area contributed by atoms with Gasteiger partial charge in [-0.05, 0) is 63.7 Å². The topological polar surface area (TPSA) is 51.0 Å². The van der Waals surface area contributed by atoms with Gasteiger partial charge in [0, 0.05) is 18.6 Å². The zero-order valence-electron chi connectivity index (χ0n) is 14.0. The van der Waals surface area contributed by atoms with Crippen molar-refractivity contribution in [3.8, 4) is 0 Å². The lowest BCUT2D eigenvalue weighted by Gasteiger charge is -2.39. The first kappa shape index (κ1) is 15.5. The summed E-state index contributed by atoms with van der Waals surface area (Å²) in [6.45, 7) is 5.22. The van der Waals surface area contributed by atoms with Gasteiger partial charge in [-0.2, -0.15) is 0 Å². The van der Waals surface area contributed by atoms with Crippen molar-refractivity contribution in [2.45, 2.75) is 63.2 Å². The van der Waals surface area contributed by atoms with Crippen molar-refractivity contribution >= 4 is 17.7 Å². The van der Waals surface area contributed by atoms with E-state index in [2.05, 4.69) is 28.9 Å². The van der Waals surface area contributed by atoms with E-state index in [0.717, 1.165) is 29.5 Å². The van der Waals surface area contributed by atoms with Crippen LogP contribution in [-0.4, -0.2) is 43.9 Å². The molecule has 4 bridgehead atoms. The summed E-state index contributed by atoms with van der Waals surface area (Å²) < 4.78 is 2.04. The summed E-state index contributed by atoms with van der Waals surface area (Å²) in [5.74, 6) is 3.30. The monoisotopic (exact) mass is 334 g/mol. The molecule has 0 radical (unpaired) electrons. The number of rotatable bonds is 4. The average Bonchev–Trinajstić information content (AvgIpc) is 2.89. The second-order valence-electron chi connectivity index (χ2n) is 7.88. The highest BCUT2D eigenvalue weighted by Crippen LogP contribution is 2.47. The number of nitrogens with zero attached hydrogens (tertiary/aromatic N) is 4. The fourth-order valence-electron chi connectivity index (χ4n) is 4.99. The largest absolute Gasteiger partial charge is 0.339 e. The third-order valence-electron chi connectivity index (χ3n) is 5.85. The molecule has 1 aromatic heterocycles. The quantitative estimate of drug-likeness (QED) is 0.794. The predicted molar refractivity (Wildman–Crippen MR) is 90.2 cm³/mol. The third-order valence-corrected chi connectivity index (χ3v) is 6.79. The van der Waals surface area contributed by atoms with Gasteiger partial charge in [0.25, 0.3) is 0 Å². The SMILES string of the molecule is CC(C)n1cnnc1SCC(=O)N1CC2CC3CC(C2)CC1C3. The Labute approximate surface area is 142 Å². The summed E-state index contributed by atoms with van der Waals surface area (Å²) in [7, 11) is 0. The lowest BCUT2D eigenvalue weighted by atomic mass is 9.68. The smallest absolute Gasteiger partial charge is 0.233 e. The lowest BCUT2D eigenvalue weighted by Crippen LogP contribution is -2.43. The molecule has 2 atom stereocenters. The molecule has 0 N–H and O–H groups in total. The van der Waals surface area contributed by atoms with Crippen LogP contribution in [0.25, 0.3) is 0 Å². The van der Waals surface area contributed by atoms with Crippen molar-refractivity contribution in [1.82, 2.24) is 19.7 Å². The van der Waals surface area contributed by atoms with Gasteiger partial charge in [0.1, 0.15) is 6.33 Å². The minimum atomic E-state index is 0.298. The highest BCUT2D eigenvalue weighted by atomic mass is 32.2. The Morgan fingerprint density at radius 1 is 1.22 bits per heavy atom. The molecule has 1 aromatic rings. The average molecular weight is 334 g/mol. The summed E-state index contributed by atoms with van der Waals surface area (Å²) in [4.78, 5) is 15.1. The molecule has 1 amide bonds. The Balaban J connectivity index is 1.42. The summed E-state index contributed by atoms with van der Waals surface area (Å²) in [5, 5.41) is 9.00. The molecule has 2 unspecified atom stereocenters. The second kappa shape index (κ2) is 6.11. The first-order valence-electron chi connectivity index (χ1n) is 8.92. The van der Waals surface area contributed by atoms with E-state index >= 15 is 0 Å². The first-order valence-corrected chi connectivity index (χ1v) is 9.90. The number of fused-ring (bicyclic) bond motifs is 1. The standard InChI is InChI=1S/C17H26N4OS/c1-11(2)21-10-18-19-17(21)23-9-16(22)20-8-14-4-12-3-13(5-14)7-15(20)6-12/h10-15H,3-9H2,1-2H3. The summed E-state index contributed by atoms with van der Waals surface area (Å²) in [5.41, 5.74) is 0. The van der Waals surface area contributed by atoms with Gasteiger partial charge in [-0.25, -0.2) is 0 Å². The van der Waals surface area contributed by atoms with Gasteiger partial charge in [0.05, 0.1) is 5.75 Å². The number of aromatic nitrogens is 3. The summed E-state index contributed by atoms with van der Waals surface area (Å²) in [6.07, 6.45) is 8.36. The molecule has 0 aromatic carbocycles. The number of carbonyl (C=O) groups excluding carboxylic acids is 1. The molecule has 6 heteroatoms. The number of hydrogen-bond acceptors (Lipinski definition) is 4. The van der Waals surface area contributed by atoms with Crippen LogP contribution in [0.2, 0.25) is 0 Å². The molecule has 4 fully saturated rings. The van der Waals surface area contributed by atoms with Gasteiger partial charge in [0.15, 0.2) is 5.16 Å². The maximum atomic E-state index is 12.8. The van der Waals surface area contributed by atoms with Crippen LogP contribution < -0.4 is 0 Å². The van der Waals surface area contributed by atoms with Gasteiger partial charge in [0.2, 0.25) is 5.91 Å². The van der Waals surface area contributed by atoms with Crippen molar-refractivity contribution in [2.24, 2.45) is 17.8 Å². The molecule has 5 rings (SSSR count). The molecule has 2 saturated heterocycles. The summed E-state index contributed by atoms with van der Waals surface area (Å²) >= 11 is 1.53. The van der Waals surface area contributed by atoms with E-state index in [9.17, 15) is 4.79 Å². The fraction of sp³-hybridized carbons (Fsp3) is 0.824. The van der Waals surface area contributed by atoms with E-state index in [4.69, 9.17) is 0 Å². The number of amides is 1. The zero-order chi connectivity index (χ0) is 16.0. The third kappa shape index (κ3) is 3.02. The van der Waals surface area contributed by atoms with Gasteiger partial charge in [-0.3, -0.25) is 4.79 Å². The highest BCUT2D eigenvalue weighted by molar-refractivity contribution is 7.99. The van der Waals surface area contributed by atoms with Crippen molar-refractivity contribution in [2.75, 3.05) is 12.3 Å². The van der Waals surface area contributed by atoms with Crippen LogP contribution in [0.5, 0.6) is 0 Å². The molecule has 2 aliphatic carbocycles. The van der Waals surface area contributed by atoms with Crippen LogP contribution >= 0.6 is 11.8 Å². The molecule has 2 saturated carbocycles. The van der Waals surface area contributed by atoms with Crippen LogP contribution in [0, 0.1) is 17.8 Å². The Morgan fingerprint density at radius 3 is 2.61 bits per heavy atom. The molecule has 3 heterocycles. The number of carbonyl (C=O) groups is 1. The molecule has 4 aliphatic rings. The van der Waals surface area contributed by atoms with E-state index in [1.54, 1.807) is 6.33 Å². The molecule has 23 heavy (non-hydrogen) atoms. The number of hydrogen-bond donors (Lipinski definition) is 0. The predicted octanol–water partition coefficient (Wildman–Crippen LogP) is 2.99. The summed E-state index contributed by atoms with van der Waals surface area (Å²) in [6, 6.07) is 0.828. The molecule has 5 nitrogen and oxygen atoms in total. The van der Waals surface area contributed by atoms with Crippen LogP contribution in [-0.2, 0) is 4.79 Å². The Kier molecular flexibility index (Phi) is 4.12. The van der Waals surface area contributed by atoms with Crippen LogP contribution in [0.1, 0.15) is 52.0 Å².